The van der Waals surface area contributed by atoms with E-state index in [1.807, 2.05) is 31.2 Å². The quantitative estimate of drug-likeness (QED) is 0.660. The fourth-order valence-electron chi connectivity index (χ4n) is 1.64. The van der Waals surface area contributed by atoms with E-state index in [4.69, 9.17) is 22.2 Å². The van der Waals surface area contributed by atoms with Crippen LogP contribution in [0.4, 0.5) is 5.82 Å². The van der Waals surface area contributed by atoms with Gasteiger partial charge in [0.05, 0.1) is 17.8 Å². The maximum atomic E-state index is 6.20. The van der Waals surface area contributed by atoms with Gasteiger partial charge in [-0.3, -0.25) is 0 Å². The standard InChI is InChI=1S/C13H14ClN3O/c1-8-3-5-9(6-4-8)12-10(14)7-11(18-2)13(16-12)17-15/h3-7H,15H2,1-2H3,(H,16,17). The number of hydrogen-bond donors (Lipinski definition) is 2. The highest BCUT2D eigenvalue weighted by Gasteiger charge is 2.11. The van der Waals surface area contributed by atoms with Crippen LogP contribution in [-0.2, 0) is 0 Å². The van der Waals surface area contributed by atoms with Crippen LogP contribution in [0.25, 0.3) is 11.3 Å². The van der Waals surface area contributed by atoms with Gasteiger partial charge >= 0.3 is 0 Å². The summed E-state index contributed by atoms with van der Waals surface area (Å²) in [7, 11) is 1.54. The molecule has 1 aromatic carbocycles. The zero-order chi connectivity index (χ0) is 13.1. The number of pyridine rings is 1. The van der Waals surface area contributed by atoms with Crippen LogP contribution in [0.3, 0.4) is 0 Å². The van der Waals surface area contributed by atoms with Crippen LogP contribution in [0.2, 0.25) is 5.02 Å². The lowest BCUT2D eigenvalue weighted by Gasteiger charge is -2.11. The van der Waals surface area contributed by atoms with Crippen molar-refractivity contribution >= 4 is 17.4 Å². The van der Waals surface area contributed by atoms with Gasteiger partial charge in [-0.2, -0.15) is 0 Å². The summed E-state index contributed by atoms with van der Waals surface area (Å²) in [5.41, 5.74) is 5.29. The Morgan fingerprint density at radius 1 is 1.28 bits per heavy atom. The number of hydrogen-bond acceptors (Lipinski definition) is 4. The summed E-state index contributed by atoms with van der Waals surface area (Å²) >= 11 is 6.20. The fraction of sp³-hybridized carbons (Fsp3) is 0.154. The van der Waals surface area contributed by atoms with Crippen molar-refractivity contribution in [3.63, 3.8) is 0 Å². The molecule has 0 atom stereocenters. The smallest absolute Gasteiger partial charge is 0.183 e. The predicted octanol–water partition coefficient (Wildman–Crippen LogP) is 3.00. The SMILES string of the molecule is COc1cc(Cl)c(-c2ccc(C)cc2)nc1NN. The first-order chi connectivity index (χ1) is 8.65. The van der Waals surface area contributed by atoms with Gasteiger partial charge < -0.3 is 10.2 Å². The highest BCUT2D eigenvalue weighted by Crippen LogP contribution is 2.33. The van der Waals surface area contributed by atoms with Crippen molar-refractivity contribution in [2.75, 3.05) is 12.5 Å². The highest BCUT2D eigenvalue weighted by molar-refractivity contribution is 6.33. The van der Waals surface area contributed by atoms with Crippen LogP contribution >= 0.6 is 11.6 Å². The minimum Gasteiger partial charge on any atom is -0.493 e. The second-order valence-corrected chi connectivity index (χ2v) is 4.29. The number of nitrogens with zero attached hydrogens (tertiary/aromatic N) is 1. The third-order valence-corrected chi connectivity index (χ3v) is 2.91. The van der Waals surface area contributed by atoms with Crippen molar-refractivity contribution in [2.45, 2.75) is 6.92 Å². The molecular formula is C13H14ClN3O. The van der Waals surface area contributed by atoms with Gasteiger partial charge in [-0.1, -0.05) is 41.4 Å². The number of aromatic nitrogens is 1. The molecule has 0 unspecified atom stereocenters. The number of methoxy groups -OCH3 is 1. The maximum Gasteiger partial charge on any atom is 0.183 e. The number of hydrazine groups is 1. The summed E-state index contributed by atoms with van der Waals surface area (Å²) in [6.45, 7) is 2.03. The van der Waals surface area contributed by atoms with Gasteiger partial charge in [-0.25, -0.2) is 10.8 Å². The van der Waals surface area contributed by atoms with Crippen LogP contribution < -0.4 is 16.0 Å². The first kappa shape index (κ1) is 12.7. The number of rotatable bonds is 3. The Balaban J connectivity index is 2.54. The van der Waals surface area contributed by atoms with Gasteiger partial charge in [0.15, 0.2) is 11.6 Å². The summed E-state index contributed by atoms with van der Waals surface area (Å²) in [5.74, 6) is 6.38. The monoisotopic (exact) mass is 263 g/mol. The number of aryl methyl sites for hydroxylation is 1. The van der Waals surface area contributed by atoms with Crippen LogP contribution in [0.1, 0.15) is 5.56 Å². The molecule has 0 spiro atoms. The Labute approximate surface area is 111 Å². The van der Waals surface area contributed by atoms with Crippen molar-refractivity contribution in [3.8, 4) is 17.0 Å². The Morgan fingerprint density at radius 3 is 2.50 bits per heavy atom. The molecule has 1 heterocycles. The number of ether oxygens (including phenoxy) is 1. The zero-order valence-corrected chi connectivity index (χ0v) is 11.0. The molecular weight excluding hydrogens is 250 g/mol. The Hall–Kier alpha value is -1.78. The van der Waals surface area contributed by atoms with Crippen molar-refractivity contribution in [1.82, 2.24) is 4.98 Å². The summed E-state index contributed by atoms with van der Waals surface area (Å²) < 4.78 is 5.14. The minimum absolute atomic E-state index is 0.456. The second kappa shape index (κ2) is 5.25. The van der Waals surface area contributed by atoms with E-state index < -0.39 is 0 Å². The topological polar surface area (TPSA) is 60.2 Å². The number of halogens is 1. The zero-order valence-electron chi connectivity index (χ0n) is 10.2. The molecule has 2 aromatic rings. The predicted molar refractivity (Wildman–Crippen MR) is 73.8 cm³/mol. The van der Waals surface area contributed by atoms with Crippen LogP contribution in [-0.4, -0.2) is 12.1 Å². The third kappa shape index (κ3) is 2.39. The van der Waals surface area contributed by atoms with E-state index >= 15 is 0 Å². The number of anilines is 1. The lowest BCUT2D eigenvalue weighted by Crippen LogP contribution is -2.10. The molecule has 0 fully saturated rings. The number of nitrogens with two attached hydrogens (primary N) is 1. The molecule has 0 aliphatic carbocycles. The first-order valence-corrected chi connectivity index (χ1v) is 5.81. The van der Waals surface area contributed by atoms with E-state index in [0.717, 1.165) is 5.56 Å². The Morgan fingerprint density at radius 2 is 1.94 bits per heavy atom. The summed E-state index contributed by atoms with van der Waals surface area (Å²) in [4.78, 5) is 4.37. The fourth-order valence-corrected chi connectivity index (χ4v) is 1.90. The molecule has 0 aliphatic rings. The molecule has 0 aliphatic heterocycles. The molecule has 4 nitrogen and oxygen atoms in total. The van der Waals surface area contributed by atoms with E-state index in [0.29, 0.717) is 22.3 Å². The van der Waals surface area contributed by atoms with Gasteiger partial charge in [0.25, 0.3) is 0 Å². The largest absolute Gasteiger partial charge is 0.493 e. The summed E-state index contributed by atoms with van der Waals surface area (Å²) in [5, 5.41) is 0.523. The molecule has 2 rings (SSSR count). The van der Waals surface area contributed by atoms with E-state index in [1.54, 1.807) is 13.2 Å². The van der Waals surface area contributed by atoms with Gasteiger partial charge in [-0.15, -0.1) is 0 Å². The maximum absolute atomic E-state index is 6.20. The van der Waals surface area contributed by atoms with Gasteiger partial charge in [0.1, 0.15) is 0 Å². The summed E-state index contributed by atoms with van der Waals surface area (Å²) in [6.07, 6.45) is 0. The molecule has 0 amide bonds. The molecule has 18 heavy (non-hydrogen) atoms. The van der Waals surface area contributed by atoms with Gasteiger partial charge in [-0.05, 0) is 6.92 Å². The molecule has 3 N–H and O–H groups in total. The van der Waals surface area contributed by atoms with Crippen LogP contribution in [0, 0.1) is 6.92 Å². The molecule has 1 aromatic heterocycles. The molecule has 0 bridgehead atoms. The number of benzene rings is 1. The minimum atomic E-state index is 0.456. The average molecular weight is 264 g/mol. The summed E-state index contributed by atoms with van der Waals surface area (Å²) in [6, 6.07) is 9.64. The van der Waals surface area contributed by atoms with E-state index in [-0.39, 0.29) is 0 Å². The van der Waals surface area contributed by atoms with Crippen molar-refractivity contribution in [2.24, 2.45) is 5.84 Å². The van der Waals surface area contributed by atoms with E-state index in [1.165, 1.54) is 5.56 Å². The van der Waals surface area contributed by atoms with Crippen molar-refractivity contribution < 1.29 is 4.74 Å². The number of nitrogen functional groups attached to an aromatic ring is 1. The van der Waals surface area contributed by atoms with Crippen LogP contribution in [0.15, 0.2) is 30.3 Å². The van der Waals surface area contributed by atoms with Crippen LogP contribution in [0.5, 0.6) is 5.75 Å². The number of nitrogens with one attached hydrogen (secondary N) is 1. The van der Waals surface area contributed by atoms with Crippen molar-refractivity contribution in [3.05, 3.63) is 40.9 Å². The highest BCUT2D eigenvalue weighted by atomic mass is 35.5. The lowest BCUT2D eigenvalue weighted by atomic mass is 10.1. The molecule has 0 radical (unpaired) electrons. The average Bonchev–Trinajstić information content (AvgIpc) is 2.39. The molecule has 94 valence electrons. The Kier molecular flexibility index (Phi) is 3.69. The first-order valence-electron chi connectivity index (χ1n) is 5.44. The molecule has 5 heteroatoms. The van der Waals surface area contributed by atoms with E-state index in [9.17, 15) is 0 Å². The molecule has 0 saturated heterocycles. The molecule has 0 saturated carbocycles. The lowest BCUT2D eigenvalue weighted by molar-refractivity contribution is 0.415. The second-order valence-electron chi connectivity index (χ2n) is 3.88. The van der Waals surface area contributed by atoms with Gasteiger partial charge in [0, 0.05) is 11.6 Å². The van der Waals surface area contributed by atoms with Gasteiger partial charge in [0.2, 0.25) is 0 Å². The Bertz CT molecular complexity index is 555. The third-order valence-electron chi connectivity index (χ3n) is 2.62. The van der Waals surface area contributed by atoms with E-state index in [2.05, 4.69) is 10.4 Å². The van der Waals surface area contributed by atoms with Crippen molar-refractivity contribution in [1.29, 1.82) is 0 Å². The normalized spacial score (nSPS) is 10.2.